The number of hydrogen-bond acceptors (Lipinski definition) is 2. The fourth-order valence-electron chi connectivity index (χ4n) is 2.30. The van der Waals surface area contributed by atoms with Crippen LogP contribution >= 0.6 is 0 Å². The quantitative estimate of drug-likeness (QED) is 0.828. The summed E-state index contributed by atoms with van der Waals surface area (Å²) in [7, 11) is 1.69. The molecule has 0 aliphatic heterocycles. The highest BCUT2D eigenvalue weighted by Crippen LogP contribution is 2.42. The van der Waals surface area contributed by atoms with E-state index in [1.165, 1.54) is 23.8 Å². The number of aromatic nitrogens is 1. The van der Waals surface area contributed by atoms with Gasteiger partial charge in [0.25, 0.3) is 0 Å². The van der Waals surface area contributed by atoms with Crippen LogP contribution in [0.15, 0.2) is 24.4 Å². The molecule has 1 fully saturated rings. The van der Waals surface area contributed by atoms with Gasteiger partial charge in [-0.3, -0.25) is 0 Å². The van der Waals surface area contributed by atoms with Gasteiger partial charge in [0.05, 0.1) is 12.6 Å². The van der Waals surface area contributed by atoms with Crippen LogP contribution in [0, 0.1) is 5.92 Å². The molecule has 0 amide bonds. The van der Waals surface area contributed by atoms with Crippen LogP contribution in [0.3, 0.4) is 0 Å². The van der Waals surface area contributed by atoms with Crippen molar-refractivity contribution in [3.05, 3.63) is 30.0 Å². The van der Waals surface area contributed by atoms with E-state index in [1.807, 2.05) is 18.3 Å². The summed E-state index contributed by atoms with van der Waals surface area (Å²) in [6.07, 6.45) is 4.55. The summed E-state index contributed by atoms with van der Waals surface area (Å²) in [6, 6.07) is 6.25. The lowest BCUT2D eigenvalue weighted by Gasteiger charge is -2.09. The lowest BCUT2D eigenvalue weighted by molar-refractivity contribution is 0.419. The number of nitrogens with two attached hydrogens (primary N) is 1. The highest BCUT2D eigenvalue weighted by molar-refractivity contribution is 5.88. The Balaban J connectivity index is 2.12. The molecule has 3 heteroatoms. The summed E-state index contributed by atoms with van der Waals surface area (Å²) in [6.45, 7) is 0. The number of hydrogen-bond donors (Lipinski definition) is 2. The molecule has 0 radical (unpaired) electrons. The van der Waals surface area contributed by atoms with E-state index >= 15 is 0 Å². The zero-order chi connectivity index (χ0) is 11.1. The Kier molecular flexibility index (Phi) is 2.14. The van der Waals surface area contributed by atoms with Gasteiger partial charge in [-0.05, 0) is 30.4 Å². The van der Waals surface area contributed by atoms with Crippen molar-refractivity contribution in [2.24, 2.45) is 11.7 Å². The van der Waals surface area contributed by atoms with Gasteiger partial charge in [-0.15, -0.1) is 0 Å². The van der Waals surface area contributed by atoms with Gasteiger partial charge in [0.15, 0.2) is 0 Å². The Bertz CT molecular complexity index is 514. The molecular weight excluding hydrogens is 200 g/mol. The molecule has 0 bridgehead atoms. The molecule has 0 saturated heterocycles. The number of H-pyrrole nitrogens is 1. The summed E-state index contributed by atoms with van der Waals surface area (Å²) in [5.74, 6) is 1.55. The molecule has 1 heterocycles. The fraction of sp³-hybridized carbons (Fsp3) is 0.385. The van der Waals surface area contributed by atoms with Gasteiger partial charge >= 0.3 is 0 Å². The van der Waals surface area contributed by atoms with Crippen LogP contribution in [-0.2, 0) is 0 Å². The number of rotatable bonds is 3. The molecule has 3 N–H and O–H groups in total. The third kappa shape index (κ3) is 1.39. The molecule has 1 aliphatic carbocycles. The minimum Gasteiger partial charge on any atom is -0.495 e. The maximum Gasteiger partial charge on any atom is 0.142 e. The second-order valence-corrected chi connectivity index (χ2v) is 4.49. The normalized spacial score (nSPS) is 17.6. The van der Waals surface area contributed by atoms with E-state index in [9.17, 15) is 0 Å². The molecule has 84 valence electrons. The Labute approximate surface area is 94.6 Å². The molecule has 3 nitrogen and oxygen atoms in total. The van der Waals surface area contributed by atoms with Crippen LogP contribution in [0.1, 0.15) is 24.4 Å². The average Bonchev–Trinajstić information content (AvgIpc) is 3.07. The van der Waals surface area contributed by atoms with Crippen molar-refractivity contribution in [3.63, 3.8) is 0 Å². The number of methoxy groups -OCH3 is 1. The van der Waals surface area contributed by atoms with Gasteiger partial charge in [0.2, 0.25) is 0 Å². The summed E-state index contributed by atoms with van der Waals surface area (Å²) < 4.78 is 5.32. The Morgan fingerprint density at radius 3 is 2.94 bits per heavy atom. The lowest BCUT2D eigenvalue weighted by atomic mass is 10.0. The predicted octanol–water partition coefficient (Wildman–Crippen LogP) is 2.59. The maximum absolute atomic E-state index is 6.24. The molecule has 2 aromatic rings. The highest BCUT2D eigenvalue weighted by Gasteiger charge is 2.31. The van der Waals surface area contributed by atoms with E-state index in [0.717, 1.165) is 11.3 Å². The molecule has 3 rings (SSSR count). The van der Waals surface area contributed by atoms with E-state index in [-0.39, 0.29) is 6.04 Å². The minimum absolute atomic E-state index is 0.167. The first kappa shape index (κ1) is 9.73. The van der Waals surface area contributed by atoms with Gasteiger partial charge in [0, 0.05) is 17.6 Å². The Morgan fingerprint density at radius 2 is 2.25 bits per heavy atom. The molecular formula is C13H16N2O. The van der Waals surface area contributed by atoms with Gasteiger partial charge in [-0.2, -0.15) is 0 Å². The van der Waals surface area contributed by atoms with E-state index < -0.39 is 0 Å². The van der Waals surface area contributed by atoms with Crippen molar-refractivity contribution >= 4 is 10.9 Å². The molecule has 16 heavy (non-hydrogen) atoms. The van der Waals surface area contributed by atoms with Crippen LogP contribution < -0.4 is 10.5 Å². The largest absolute Gasteiger partial charge is 0.495 e. The van der Waals surface area contributed by atoms with Crippen molar-refractivity contribution in [2.75, 3.05) is 7.11 Å². The van der Waals surface area contributed by atoms with E-state index in [4.69, 9.17) is 10.5 Å². The van der Waals surface area contributed by atoms with Gasteiger partial charge in [0.1, 0.15) is 5.75 Å². The predicted molar refractivity (Wildman–Crippen MR) is 64.5 cm³/mol. The first-order chi connectivity index (χ1) is 7.81. The number of nitrogens with one attached hydrogen (secondary N) is 1. The van der Waals surface area contributed by atoms with Crippen molar-refractivity contribution in [1.29, 1.82) is 0 Å². The van der Waals surface area contributed by atoms with Crippen LogP contribution in [-0.4, -0.2) is 12.1 Å². The van der Waals surface area contributed by atoms with Gasteiger partial charge in [-0.1, -0.05) is 12.1 Å². The zero-order valence-electron chi connectivity index (χ0n) is 9.36. The summed E-state index contributed by atoms with van der Waals surface area (Å²) in [5.41, 5.74) is 8.51. The number of ether oxygens (including phenoxy) is 1. The van der Waals surface area contributed by atoms with E-state index in [2.05, 4.69) is 11.1 Å². The molecule has 1 aliphatic rings. The van der Waals surface area contributed by atoms with Crippen LogP contribution in [0.5, 0.6) is 5.75 Å². The average molecular weight is 216 g/mol. The molecule has 1 saturated carbocycles. The first-order valence-corrected chi connectivity index (χ1v) is 5.71. The van der Waals surface area contributed by atoms with Gasteiger partial charge < -0.3 is 15.5 Å². The molecule has 1 aromatic carbocycles. The maximum atomic E-state index is 6.24. The molecule has 1 atom stereocenters. The second-order valence-electron chi connectivity index (χ2n) is 4.49. The Hall–Kier alpha value is -1.48. The topological polar surface area (TPSA) is 51.0 Å². The number of aromatic amines is 1. The second kappa shape index (κ2) is 3.52. The monoisotopic (exact) mass is 216 g/mol. The number of benzene rings is 1. The van der Waals surface area contributed by atoms with Gasteiger partial charge in [-0.25, -0.2) is 0 Å². The highest BCUT2D eigenvalue weighted by atomic mass is 16.5. The Morgan fingerprint density at radius 1 is 1.44 bits per heavy atom. The SMILES string of the molecule is COc1cccc2c(C(N)C3CC3)c[nH]c12. The van der Waals surface area contributed by atoms with E-state index in [1.54, 1.807) is 7.11 Å². The third-order valence-electron chi connectivity index (χ3n) is 3.42. The minimum atomic E-state index is 0.167. The van der Waals surface area contributed by atoms with Crippen LogP contribution in [0.25, 0.3) is 10.9 Å². The third-order valence-corrected chi connectivity index (χ3v) is 3.42. The van der Waals surface area contributed by atoms with Crippen molar-refractivity contribution in [3.8, 4) is 5.75 Å². The van der Waals surface area contributed by atoms with E-state index in [0.29, 0.717) is 5.92 Å². The van der Waals surface area contributed by atoms with Crippen LogP contribution in [0.2, 0.25) is 0 Å². The fourth-order valence-corrected chi connectivity index (χ4v) is 2.30. The standard InChI is InChI=1S/C13H16N2O/c1-16-11-4-2-3-9-10(7-15-13(9)11)12(14)8-5-6-8/h2-4,7-8,12,15H,5-6,14H2,1H3. The first-order valence-electron chi connectivity index (χ1n) is 5.71. The molecule has 1 unspecified atom stereocenters. The lowest BCUT2D eigenvalue weighted by Crippen LogP contribution is -2.11. The van der Waals surface area contributed by atoms with Crippen molar-refractivity contribution < 1.29 is 4.74 Å². The summed E-state index contributed by atoms with van der Waals surface area (Å²) in [5, 5.41) is 1.19. The van der Waals surface area contributed by atoms with Crippen molar-refractivity contribution in [2.45, 2.75) is 18.9 Å². The molecule has 0 spiro atoms. The van der Waals surface area contributed by atoms with Crippen molar-refractivity contribution in [1.82, 2.24) is 4.98 Å². The smallest absolute Gasteiger partial charge is 0.142 e. The van der Waals surface area contributed by atoms with Crippen LogP contribution in [0.4, 0.5) is 0 Å². The zero-order valence-corrected chi connectivity index (χ0v) is 9.36. The summed E-state index contributed by atoms with van der Waals surface area (Å²) in [4.78, 5) is 3.27. The number of fused-ring (bicyclic) bond motifs is 1. The number of para-hydroxylation sites is 1. The molecule has 1 aromatic heterocycles. The summed E-state index contributed by atoms with van der Waals surface area (Å²) >= 11 is 0.